The Kier molecular flexibility index (Phi) is 6.53. The van der Waals surface area contributed by atoms with Crippen LogP contribution in [0.1, 0.15) is 5.82 Å². The lowest BCUT2D eigenvalue weighted by molar-refractivity contribution is 0.262. The summed E-state index contributed by atoms with van der Waals surface area (Å²) in [5, 5.41) is 8.72. The minimum Gasteiger partial charge on any atom is -0.493 e. The minimum absolute atomic E-state index is 0.376. The third-order valence-electron chi connectivity index (χ3n) is 4.08. The summed E-state index contributed by atoms with van der Waals surface area (Å²) in [6.45, 7) is 1.79. The van der Waals surface area contributed by atoms with E-state index in [2.05, 4.69) is 25.9 Å². The number of benzene rings is 2. The van der Waals surface area contributed by atoms with Crippen molar-refractivity contribution in [2.75, 3.05) is 37.3 Å². The van der Waals surface area contributed by atoms with Crippen LogP contribution in [0.5, 0.6) is 17.4 Å². The Hall–Kier alpha value is -4.01. The maximum absolute atomic E-state index is 12.3. The van der Waals surface area contributed by atoms with Gasteiger partial charge in [-0.05, 0) is 43.3 Å². The van der Waals surface area contributed by atoms with Crippen LogP contribution in [-0.4, -0.2) is 37.3 Å². The fraction of sp³-hybridized carbons (Fsp3) is 0.190. The molecule has 9 heteroatoms. The number of nitrogens with one attached hydrogen (secondary N) is 3. The topological polar surface area (TPSA) is 107 Å². The predicted octanol–water partition coefficient (Wildman–Crippen LogP) is 4.20. The van der Waals surface area contributed by atoms with Crippen LogP contribution in [-0.2, 0) is 0 Å². The van der Waals surface area contributed by atoms with Crippen LogP contribution >= 0.6 is 0 Å². The number of carbonyl (C=O) groups is 1. The van der Waals surface area contributed by atoms with Gasteiger partial charge in [0.25, 0.3) is 0 Å². The molecule has 0 radical (unpaired) electrons. The minimum atomic E-state index is -0.376. The molecule has 2 aromatic carbocycles. The summed E-state index contributed by atoms with van der Waals surface area (Å²) in [5.41, 5.74) is 2.02. The molecule has 0 saturated carbocycles. The van der Waals surface area contributed by atoms with Gasteiger partial charge in [-0.15, -0.1) is 0 Å². The molecule has 0 aliphatic heterocycles. The lowest BCUT2D eigenvalue weighted by Gasteiger charge is -2.12. The Morgan fingerprint density at radius 2 is 1.40 bits per heavy atom. The van der Waals surface area contributed by atoms with Crippen molar-refractivity contribution in [3.8, 4) is 17.4 Å². The molecule has 0 aliphatic rings. The highest BCUT2D eigenvalue weighted by molar-refractivity contribution is 6.00. The molecular formula is C21H23N5O4. The van der Waals surface area contributed by atoms with Gasteiger partial charge in [0.1, 0.15) is 11.6 Å². The smallest absolute Gasteiger partial charge is 0.323 e. The SMILES string of the molecule is COc1cc(Nc2ccc(NC(=O)Nc3ccc(OC)c(OC)c3)cc2)nc(C)n1. The number of ether oxygens (including phenoxy) is 3. The molecule has 0 bridgehead atoms. The van der Waals surface area contributed by atoms with Crippen molar-refractivity contribution in [1.82, 2.24) is 9.97 Å². The van der Waals surface area contributed by atoms with Crippen LogP contribution in [0.3, 0.4) is 0 Å². The highest BCUT2D eigenvalue weighted by Gasteiger charge is 2.08. The highest BCUT2D eigenvalue weighted by atomic mass is 16.5. The van der Waals surface area contributed by atoms with Gasteiger partial charge in [-0.25, -0.2) is 9.78 Å². The third-order valence-corrected chi connectivity index (χ3v) is 4.08. The number of carbonyl (C=O) groups excluding carboxylic acids is 1. The lowest BCUT2D eigenvalue weighted by atomic mass is 10.2. The fourth-order valence-corrected chi connectivity index (χ4v) is 2.70. The number of aryl methyl sites for hydroxylation is 1. The van der Waals surface area contributed by atoms with E-state index in [1.807, 2.05) is 12.1 Å². The molecule has 3 N–H and O–H groups in total. The number of amides is 2. The normalized spacial score (nSPS) is 10.1. The predicted molar refractivity (Wildman–Crippen MR) is 115 cm³/mol. The number of methoxy groups -OCH3 is 3. The summed E-state index contributed by atoms with van der Waals surface area (Å²) >= 11 is 0. The molecule has 1 heterocycles. The second-order valence-corrected chi connectivity index (χ2v) is 6.19. The van der Waals surface area contributed by atoms with Crippen molar-refractivity contribution in [2.24, 2.45) is 0 Å². The maximum atomic E-state index is 12.3. The van der Waals surface area contributed by atoms with Crippen molar-refractivity contribution in [3.05, 3.63) is 54.4 Å². The van der Waals surface area contributed by atoms with Gasteiger partial charge < -0.3 is 30.2 Å². The van der Waals surface area contributed by atoms with E-state index in [4.69, 9.17) is 14.2 Å². The van der Waals surface area contributed by atoms with E-state index in [1.54, 1.807) is 57.5 Å². The molecule has 156 valence electrons. The Bertz CT molecular complexity index is 1020. The first kappa shape index (κ1) is 20.7. The fourth-order valence-electron chi connectivity index (χ4n) is 2.70. The molecule has 9 nitrogen and oxygen atoms in total. The van der Waals surface area contributed by atoms with E-state index in [0.717, 1.165) is 5.69 Å². The van der Waals surface area contributed by atoms with Crippen molar-refractivity contribution in [3.63, 3.8) is 0 Å². The summed E-state index contributed by atoms with van der Waals surface area (Å²) in [6.07, 6.45) is 0. The lowest BCUT2D eigenvalue weighted by Crippen LogP contribution is -2.19. The summed E-state index contributed by atoms with van der Waals surface area (Å²) in [7, 11) is 4.65. The van der Waals surface area contributed by atoms with E-state index in [1.165, 1.54) is 7.11 Å². The molecule has 2 amide bonds. The summed E-state index contributed by atoms with van der Waals surface area (Å²) in [4.78, 5) is 20.8. The monoisotopic (exact) mass is 409 g/mol. The van der Waals surface area contributed by atoms with Crippen LogP contribution in [0.4, 0.5) is 27.7 Å². The van der Waals surface area contributed by atoms with Gasteiger partial charge in [0.2, 0.25) is 5.88 Å². The van der Waals surface area contributed by atoms with Gasteiger partial charge in [-0.3, -0.25) is 0 Å². The quantitative estimate of drug-likeness (QED) is 0.537. The molecule has 0 saturated heterocycles. The van der Waals surface area contributed by atoms with Gasteiger partial charge >= 0.3 is 6.03 Å². The average molecular weight is 409 g/mol. The number of aromatic nitrogens is 2. The second kappa shape index (κ2) is 9.46. The first-order chi connectivity index (χ1) is 14.5. The number of hydrogen-bond donors (Lipinski definition) is 3. The van der Waals surface area contributed by atoms with Gasteiger partial charge in [0.05, 0.1) is 21.3 Å². The summed E-state index contributed by atoms with van der Waals surface area (Å²) < 4.78 is 15.6. The molecular weight excluding hydrogens is 386 g/mol. The van der Waals surface area contributed by atoms with E-state index in [9.17, 15) is 4.79 Å². The molecule has 30 heavy (non-hydrogen) atoms. The highest BCUT2D eigenvalue weighted by Crippen LogP contribution is 2.29. The summed E-state index contributed by atoms with van der Waals surface area (Å²) in [5.74, 6) is 2.81. The molecule has 0 spiro atoms. The Morgan fingerprint density at radius 3 is 2.07 bits per heavy atom. The Morgan fingerprint density at radius 1 is 0.767 bits per heavy atom. The van der Waals surface area contributed by atoms with Crippen LogP contribution in [0.2, 0.25) is 0 Å². The second-order valence-electron chi connectivity index (χ2n) is 6.19. The van der Waals surface area contributed by atoms with E-state index in [-0.39, 0.29) is 6.03 Å². The van der Waals surface area contributed by atoms with Crippen LogP contribution < -0.4 is 30.2 Å². The van der Waals surface area contributed by atoms with E-state index >= 15 is 0 Å². The van der Waals surface area contributed by atoms with Crippen LogP contribution in [0.15, 0.2) is 48.5 Å². The van der Waals surface area contributed by atoms with Gasteiger partial charge in [-0.1, -0.05) is 0 Å². The van der Waals surface area contributed by atoms with Gasteiger partial charge in [0.15, 0.2) is 11.5 Å². The van der Waals surface area contributed by atoms with Crippen molar-refractivity contribution >= 4 is 28.9 Å². The number of urea groups is 1. The number of nitrogens with zero attached hydrogens (tertiary/aromatic N) is 2. The molecule has 0 atom stereocenters. The first-order valence-electron chi connectivity index (χ1n) is 9.07. The van der Waals surface area contributed by atoms with Crippen molar-refractivity contribution in [2.45, 2.75) is 6.92 Å². The molecule has 0 fully saturated rings. The number of anilines is 4. The largest absolute Gasteiger partial charge is 0.493 e. The zero-order valence-electron chi connectivity index (χ0n) is 17.1. The number of hydrogen-bond acceptors (Lipinski definition) is 7. The van der Waals surface area contributed by atoms with Crippen LogP contribution in [0.25, 0.3) is 0 Å². The zero-order chi connectivity index (χ0) is 21.5. The molecule has 1 aromatic heterocycles. The zero-order valence-corrected chi connectivity index (χ0v) is 17.1. The molecule has 0 unspecified atom stereocenters. The van der Waals surface area contributed by atoms with E-state index in [0.29, 0.717) is 40.4 Å². The number of rotatable bonds is 7. The molecule has 3 aromatic rings. The Balaban J connectivity index is 1.61. The standard InChI is InChI=1S/C21H23N5O4/c1-13-22-19(12-20(23-13)30-4)24-14-5-7-15(8-6-14)25-21(27)26-16-9-10-17(28-2)18(11-16)29-3/h5-12H,1-4H3,(H,22,23,24)(H2,25,26,27). The van der Waals surface area contributed by atoms with Gasteiger partial charge in [-0.2, -0.15) is 4.98 Å². The third kappa shape index (κ3) is 5.28. The van der Waals surface area contributed by atoms with E-state index < -0.39 is 0 Å². The molecule has 0 aliphatic carbocycles. The summed E-state index contributed by atoms with van der Waals surface area (Å²) in [6, 6.07) is 13.7. The maximum Gasteiger partial charge on any atom is 0.323 e. The van der Waals surface area contributed by atoms with Gasteiger partial charge in [0, 0.05) is 29.2 Å². The van der Waals surface area contributed by atoms with Crippen molar-refractivity contribution < 1.29 is 19.0 Å². The van der Waals surface area contributed by atoms with Crippen molar-refractivity contribution in [1.29, 1.82) is 0 Å². The molecule has 3 rings (SSSR count). The average Bonchev–Trinajstić information content (AvgIpc) is 2.74. The Labute approximate surface area is 174 Å². The first-order valence-corrected chi connectivity index (χ1v) is 9.07. The van der Waals surface area contributed by atoms with Crippen LogP contribution in [0, 0.1) is 6.92 Å².